The lowest BCUT2D eigenvalue weighted by Crippen LogP contribution is -2.25. The Morgan fingerprint density at radius 3 is 2.50 bits per heavy atom. The molecule has 0 unspecified atom stereocenters. The Morgan fingerprint density at radius 2 is 1.73 bits per heavy atom. The number of fused-ring (bicyclic) bond motifs is 1. The number of benzene rings is 2. The van der Waals surface area contributed by atoms with Gasteiger partial charge in [-0.15, -0.1) is 0 Å². The third kappa shape index (κ3) is 3.43. The summed E-state index contributed by atoms with van der Waals surface area (Å²) < 4.78 is 0. The number of aromatic nitrogens is 1. The van der Waals surface area contributed by atoms with Gasteiger partial charge in [-0.3, -0.25) is 4.79 Å². The number of nitrogens with one attached hydrogen (secondary N) is 2. The number of hydrogen-bond acceptors (Lipinski definition) is 1. The molecule has 3 aromatic rings. The molecule has 0 bridgehead atoms. The standard InChI is InChI=1S/C17H14Cl2N2O/c18-13-4-1-11(2-5-13)7-8-20-17(22)16-9-12-3-6-14(19)10-15(12)21-16/h1-6,9-10,21H,7-8H2,(H,20,22). The molecule has 0 aliphatic heterocycles. The summed E-state index contributed by atoms with van der Waals surface area (Å²) in [6.07, 6.45) is 0.759. The minimum absolute atomic E-state index is 0.124. The first-order valence-corrected chi connectivity index (χ1v) is 7.68. The summed E-state index contributed by atoms with van der Waals surface area (Å²) in [5.41, 5.74) is 2.52. The van der Waals surface area contributed by atoms with Crippen LogP contribution in [-0.2, 0) is 6.42 Å². The Bertz CT molecular complexity index is 809. The van der Waals surface area contributed by atoms with Gasteiger partial charge in [0.1, 0.15) is 5.69 Å². The van der Waals surface area contributed by atoms with E-state index in [9.17, 15) is 4.79 Å². The van der Waals surface area contributed by atoms with E-state index in [1.54, 1.807) is 12.1 Å². The first kappa shape index (κ1) is 14.9. The average Bonchev–Trinajstić information content (AvgIpc) is 2.92. The van der Waals surface area contributed by atoms with E-state index in [0.29, 0.717) is 22.3 Å². The van der Waals surface area contributed by atoms with Crippen molar-refractivity contribution in [1.29, 1.82) is 0 Å². The van der Waals surface area contributed by atoms with Crippen molar-refractivity contribution in [3.8, 4) is 0 Å². The molecule has 1 heterocycles. The Hall–Kier alpha value is -1.97. The van der Waals surface area contributed by atoms with Crippen LogP contribution in [0.3, 0.4) is 0 Å². The minimum atomic E-state index is -0.124. The molecule has 0 saturated heterocycles. The number of H-pyrrole nitrogens is 1. The maximum Gasteiger partial charge on any atom is 0.267 e. The number of halogens is 2. The van der Waals surface area contributed by atoms with Gasteiger partial charge in [-0.25, -0.2) is 0 Å². The number of carbonyl (C=O) groups excluding carboxylic acids is 1. The predicted molar refractivity (Wildman–Crippen MR) is 90.8 cm³/mol. The van der Waals surface area contributed by atoms with Crippen LogP contribution in [0.1, 0.15) is 16.1 Å². The molecule has 22 heavy (non-hydrogen) atoms. The lowest BCUT2D eigenvalue weighted by atomic mass is 10.1. The smallest absolute Gasteiger partial charge is 0.267 e. The van der Waals surface area contributed by atoms with Crippen LogP contribution >= 0.6 is 23.2 Å². The molecule has 2 aromatic carbocycles. The Kier molecular flexibility index (Phi) is 4.36. The average molecular weight is 333 g/mol. The summed E-state index contributed by atoms with van der Waals surface area (Å²) in [6.45, 7) is 0.566. The molecule has 0 aliphatic carbocycles. The van der Waals surface area contributed by atoms with Crippen LogP contribution in [0.15, 0.2) is 48.5 Å². The van der Waals surface area contributed by atoms with E-state index in [-0.39, 0.29) is 5.91 Å². The fraction of sp³-hybridized carbons (Fsp3) is 0.118. The van der Waals surface area contributed by atoms with Gasteiger partial charge in [-0.05, 0) is 42.3 Å². The Balaban J connectivity index is 1.62. The highest BCUT2D eigenvalue weighted by atomic mass is 35.5. The van der Waals surface area contributed by atoms with E-state index in [1.165, 1.54) is 0 Å². The second kappa shape index (κ2) is 6.42. The zero-order chi connectivity index (χ0) is 15.5. The van der Waals surface area contributed by atoms with Crippen LogP contribution in [-0.4, -0.2) is 17.4 Å². The molecule has 112 valence electrons. The molecular formula is C17H14Cl2N2O. The van der Waals surface area contributed by atoms with Crippen molar-refractivity contribution >= 4 is 40.0 Å². The van der Waals surface area contributed by atoms with Crippen molar-refractivity contribution in [3.05, 3.63) is 69.8 Å². The molecule has 3 rings (SSSR count). The monoisotopic (exact) mass is 332 g/mol. The van der Waals surface area contributed by atoms with Gasteiger partial charge in [0.2, 0.25) is 0 Å². The number of amides is 1. The van der Waals surface area contributed by atoms with Crippen LogP contribution in [0.2, 0.25) is 10.0 Å². The predicted octanol–water partition coefficient (Wildman–Crippen LogP) is 4.45. The lowest BCUT2D eigenvalue weighted by molar-refractivity contribution is 0.0950. The first-order valence-electron chi connectivity index (χ1n) is 6.93. The van der Waals surface area contributed by atoms with Crippen molar-refractivity contribution < 1.29 is 4.79 Å². The number of hydrogen-bond donors (Lipinski definition) is 2. The second-order valence-corrected chi connectivity index (χ2v) is 5.92. The highest BCUT2D eigenvalue weighted by molar-refractivity contribution is 6.31. The highest BCUT2D eigenvalue weighted by Crippen LogP contribution is 2.19. The van der Waals surface area contributed by atoms with Gasteiger partial charge in [0.05, 0.1) is 0 Å². The van der Waals surface area contributed by atoms with Gasteiger partial charge in [0.15, 0.2) is 0 Å². The Morgan fingerprint density at radius 1 is 1.00 bits per heavy atom. The molecule has 1 aromatic heterocycles. The fourth-order valence-corrected chi connectivity index (χ4v) is 2.59. The largest absolute Gasteiger partial charge is 0.350 e. The maximum atomic E-state index is 12.1. The van der Waals surface area contributed by atoms with Crippen molar-refractivity contribution in [2.45, 2.75) is 6.42 Å². The molecule has 2 N–H and O–H groups in total. The lowest BCUT2D eigenvalue weighted by Gasteiger charge is -2.04. The normalized spacial score (nSPS) is 10.8. The molecule has 0 aliphatic rings. The summed E-state index contributed by atoms with van der Waals surface area (Å²) in [5.74, 6) is -0.124. The zero-order valence-corrected chi connectivity index (χ0v) is 13.2. The maximum absolute atomic E-state index is 12.1. The molecule has 5 heteroatoms. The summed E-state index contributed by atoms with van der Waals surface area (Å²) in [7, 11) is 0. The van der Waals surface area contributed by atoms with E-state index in [0.717, 1.165) is 22.9 Å². The topological polar surface area (TPSA) is 44.9 Å². The van der Waals surface area contributed by atoms with Crippen LogP contribution < -0.4 is 5.32 Å². The van der Waals surface area contributed by atoms with Crippen molar-refractivity contribution in [2.75, 3.05) is 6.54 Å². The van der Waals surface area contributed by atoms with Crippen LogP contribution in [0.5, 0.6) is 0 Å². The van der Waals surface area contributed by atoms with Crippen molar-refractivity contribution in [2.24, 2.45) is 0 Å². The van der Waals surface area contributed by atoms with E-state index in [4.69, 9.17) is 23.2 Å². The number of rotatable bonds is 4. The SMILES string of the molecule is O=C(NCCc1ccc(Cl)cc1)c1cc2ccc(Cl)cc2[nH]1. The van der Waals surface area contributed by atoms with Gasteiger partial charge in [0, 0.05) is 27.5 Å². The molecule has 0 spiro atoms. The Labute approximate surface area is 138 Å². The van der Waals surface area contributed by atoms with Crippen LogP contribution in [0, 0.1) is 0 Å². The molecule has 0 saturated carbocycles. The molecule has 0 fully saturated rings. The molecular weight excluding hydrogens is 319 g/mol. The van der Waals surface area contributed by atoms with Gasteiger partial charge in [-0.1, -0.05) is 41.4 Å². The zero-order valence-electron chi connectivity index (χ0n) is 11.7. The van der Waals surface area contributed by atoms with Gasteiger partial charge in [-0.2, -0.15) is 0 Å². The molecule has 0 radical (unpaired) electrons. The summed E-state index contributed by atoms with van der Waals surface area (Å²) in [5, 5.41) is 5.22. The van der Waals surface area contributed by atoms with E-state index < -0.39 is 0 Å². The van der Waals surface area contributed by atoms with E-state index in [1.807, 2.05) is 36.4 Å². The summed E-state index contributed by atoms with van der Waals surface area (Å²) in [4.78, 5) is 15.2. The quantitative estimate of drug-likeness (QED) is 0.728. The van der Waals surface area contributed by atoms with Crippen molar-refractivity contribution in [1.82, 2.24) is 10.3 Å². The fourth-order valence-electron chi connectivity index (χ4n) is 2.29. The second-order valence-electron chi connectivity index (χ2n) is 5.05. The molecule has 3 nitrogen and oxygen atoms in total. The van der Waals surface area contributed by atoms with E-state index >= 15 is 0 Å². The molecule has 0 atom stereocenters. The third-order valence-electron chi connectivity index (χ3n) is 3.44. The van der Waals surface area contributed by atoms with Crippen LogP contribution in [0.25, 0.3) is 10.9 Å². The van der Waals surface area contributed by atoms with Gasteiger partial charge < -0.3 is 10.3 Å². The minimum Gasteiger partial charge on any atom is -0.350 e. The summed E-state index contributed by atoms with van der Waals surface area (Å²) >= 11 is 11.8. The molecule has 1 amide bonds. The third-order valence-corrected chi connectivity index (χ3v) is 3.93. The highest BCUT2D eigenvalue weighted by Gasteiger charge is 2.09. The number of carbonyl (C=O) groups is 1. The van der Waals surface area contributed by atoms with Gasteiger partial charge in [0.25, 0.3) is 5.91 Å². The van der Waals surface area contributed by atoms with E-state index in [2.05, 4.69) is 10.3 Å². The van der Waals surface area contributed by atoms with Crippen molar-refractivity contribution in [3.63, 3.8) is 0 Å². The van der Waals surface area contributed by atoms with Gasteiger partial charge >= 0.3 is 0 Å². The first-order chi connectivity index (χ1) is 10.6. The number of aromatic amines is 1. The van der Waals surface area contributed by atoms with Crippen LogP contribution in [0.4, 0.5) is 0 Å². The summed E-state index contributed by atoms with van der Waals surface area (Å²) in [6, 6.07) is 14.9.